The Labute approximate surface area is 146 Å². The van der Waals surface area contributed by atoms with Gasteiger partial charge in [-0.05, 0) is 38.1 Å². The van der Waals surface area contributed by atoms with E-state index in [4.69, 9.17) is 0 Å². The smallest absolute Gasteiger partial charge is 0.243 e. The Bertz CT molecular complexity index is 620. The lowest BCUT2D eigenvalue weighted by atomic mass is 10.2. The maximum atomic E-state index is 13.0. The quantitative estimate of drug-likeness (QED) is 0.606. The molecule has 0 N–H and O–H groups in total. The van der Waals surface area contributed by atoms with Crippen molar-refractivity contribution in [1.82, 2.24) is 9.21 Å². The third-order valence-electron chi connectivity index (χ3n) is 4.03. The minimum atomic E-state index is -3.56. The molecule has 0 saturated carbocycles. The average molecular weight is 355 g/mol. The molecule has 0 saturated heterocycles. The fourth-order valence-electron chi connectivity index (χ4n) is 2.52. The van der Waals surface area contributed by atoms with Gasteiger partial charge in [0.05, 0.1) is 4.90 Å². The van der Waals surface area contributed by atoms with E-state index in [1.807, 2.05) is 13.8 Å². The van der Waals surface area contributed by atoms with E-state index < -0.39 is 10.0 Å². The summed E-state index contributed by atoms with van der Waals surface area (Å²) >= 11 is 0. The molecule has 1 aromatic rings. The first-order valence-electron chi connectivity index (χ1n) is 8.55. The molecule has 24 heavy (non-hydrogen) atoms. The first-order valence-corrected chi connectivity index (χ1v) is 9.99. The summed E-state index contributed by atoms with van der Waals surface area (Å²) in [5, 5.41) is 0. The highest BCUT2D eigenvalue weighted by molar-refractivity contribution is 7.89. The van der Waals surface area contributed by atoms with Crippen molar-refractivity contribution < 1.29 is 13.2 Å². The number of benzene rings is 1. The van der Waals surface area contributed by atoms with Crippen LogP contribution in [0.1, 0.15) is 45.0 Å². The van der Waals surface area contributed by atoms with E-state index in [9.17, 15) is 13.2 Å². The maximum Gasteiger partial charge on any atom is 0.243 e. The number of nitrogens with zero attached hydrogens (tertiary/aromatic N) is 2. The molecule has 1 rings (SSSR count). The third kappa shape index (κ3) is 5.69. The molecule has 0 atom stereocenters. The van der Waals surface area contributed by atoms with Crippen molar-refractivity contribution in [3.63, 3.8) is 0 Å². The minimum Gasteiger partial charge on any atom is -0.303 e. The Morgan fingerprint density at radius 3 is 2.00 bits per heavy atom. The van der Waals surface area contributed by atoms with E-state index in [2.05, 4.69) is 18.7 Å². The molecule has 0 fully saturated rings. The van der Waals surface area contributed by atoms with E-state index in [0.29, 0.717) is 25.2 Å². The molecule has 6 heteroatoms. The van der Waals surface area contributed by atoms with Crippen LogP contribution in [-0.4, -0.2) is 56.1 Å². The zero-order valence-electron chi connectivity index (χ0n) is 15.4. The second kappa shape index (κ2) is 9.30. The number of carbonyl (C=O) groups is 1. The Kier molecular flexibility index (Phi) is 8.06. The van der Waals surface area contributed by atoms with Crippen LogP contribution in [0.2, 0.25) is 0 Å². The summed E-state index contributed by atoms with van der Waals surface area (Å²) in [7, 11) is -3.56. The van der Waals surface area contributed by atoms with Gasteiger partial charge >= 0.3 is 0 Å². The molecule has 5 nitrogen and oxygen atoms in total. The topological polar surface area (TPSA) is 57.7 Å². The maximum absolute atomic E-state index is 13.0. The zero-order valence-corrected chi connectivity index (χ0v) is 16.3. The number of ketones is 1. The minimum absolute atomic E-state index is 0.0699. The molecule has 0 spiro atoms. The van der Waals surface area contributed by atoms with Crippen molar-refractivity contribution in [2.45, 2.75) is 39.5 Å². The number of likely N-dealkylation sites (N-methyl/N-ethyl adjacent to an activating group) is 1. The predicted molar refractivity (Wildman–Crippen MR) is 97.8 cm³/mol. The summed E-state index contributed by atoms with van der Waals surface area (Å²) in [6.45, 7) is 13.1. The number of hydrogen-bond acceptors (Lipinski definition) is 4. The van der Waals surface area contributed by atoms with Gasteiger partial charge in [-0.3, -0.25) is 4.79 Å². The van der Waals surface area contributed by atoms with E-state index in [0.717, 1.165) is 13.1 Å². The average Bonchev–Trinajstić information content (AvgIpc) is 2.54. The van der Waals surface area contributed by atoms with Gasteiger partial charge in [-0.25, -0.2) is 8.42 Å². The summed E-state index contributed by atoms with van der Waals surface area (Å²) < 4.78 is 27.5. The summed E-state index contributed by atoms with van der Waals surface area (Å²) in [6, 6.07) is 6.20. The van der Waals surface area contributed by atoms with Crippen molar-refractivity contribution in [2.24, 2.45) is 5.92 Å². The van der Waals surface area contributed by atoms with Gasteiger partial charge in [0, 0.05) is 25.2 Å². The Morgan fingerprint density at radius 2 is 1.58 bits per heavy atom. The van der Waals surface area contributed by atoms with Gasteiger partial charge in [-0.2, -0.15) is 4.31 Å². The molecule has 0 aliphatic heterocycles. The van der Waals surface area contributed by atoms with Crippen LogP contribution in [0, 0.1) is 5.92 Å². The lowest BCUT2D eigenvalue weighted by Gasteiger charge is -2.27. The van der Waals surface area contributed by atoms with Gasteiger partial charge in [0.15, 0.2) is 5.78 Å². The second-order valence-corrected chi connectivity index (χ2v) is 8.30. The van der Waals surface area contributed by atoms with Crippen molar-refractivity contribution in [3.8, 4) is 0 Å². The summed E-state index contributed by atoms with van der Waals surface area (Å²) in [4.78, 5) is 13.8. The monoisotopic (exact) mass is 354 g/mol. The Morgan fingerprint density at radius 1 is 1.04 bits per heavy atom. The molecule has 0 heterocycles. The first kappa shape index (κ1) is 20.8. The molecule has 0 aliphatic carbocycles. The van der Waals surface area contributed by atoms with E-state index >= 15 is 0 Å². The summed E-state index contributed by atoms with van der Waals surface area (Å²) in [6.07, 6.45) is 0. The van der Waals surface area contributed by atoms with Crippen LogP contribution in [0.15, 0.2) is 29.2 Å². The van der Waals surface area contributed by atoms with Crippen molar-refractivity contribution in [3.05, 3.63) is 29.8 Å². The van der Waals surface area contributed by atoms with Crippen LogP contribution in [0.25, 0.3) is 0 Å². The molecular formula is C18H30N2O3S. The van der Waals surface area contributed by atoms with E-state index in [-0.39, 0.29) is 16.6 Å². The molecule has 1 aromatic carbocycles. The van der Waals surface area contributed by atoms with Gasteiger partial charge in [-0.1, -0.05) is 39.8 Å². The Hall–Kier alpha value is -1.24. The molecule has 0 radical (unpaired) electrons. The predicted octanol–water partition coefficient (Wildman–Crippen LogP) is 2.88. The van der Waals surface area contributed by atoms with Crippen LogP contribution in [0.3, 0.4) is 0 Å². The number of sulfonamides is 1. The summed E-state index contributed by atoms with van der Waals surface area (Å²) in [5.41, 5.74) is 0.521. The fraction of sp³-hybridized carbons (Fsp3) is 0.611. The molecule has 136 valence electrons. The van der Waals surface area contributed by atoms with Crippen LogP contribution < -0.4 is 0 Å². The molecule has 0 amide bonds. The molecular weight excluding hydrogens is 324 g/mol. The summed E-state index contributed by atoms with van der Waals surface area (Å²) in [5.74, 6) is 0.174. The standard InChI is InChI=1S/C18H30N2O3S/c1-6-19(7-2)12-13-20(14-15(3)4)24(22,23)18-10-8-17(9-11-18)16(5)21/h8-11,15H,6-7,12-14H2,1-5H3. The van der Waals surface area contributed by atoms with Crippen molar-refractivity contribution in [1.29, 1.82) is 0 Å². The number of carbonyl (C=O) groups excluding carboxylic acids is 1. The molecule has 0 bridgehead atoms. The SMILES string of the molecule is CCN(CC)CCN(CC(C)C)S(=O)(=O)c1ccc(C(C)=O)cc1. The van der Waals surface area contributed by atoms with Crippen LogP contribution in [0.4, 0.5) is 0 Å². The van der Waals surface area contributed by atoms with Gasteiger partial charge in [0.25, 0.3) is 0 Å². The molecule has 0 aliphatic rings. The second-order valence-electron chi connectivity index (χ2n) is 6.36. The number of hydrogen-bond donors (Lipinski definition) is 0. The molecule has 0 aromatic heterocycles. The largest absolute Gasteiger partial charge is 0.303 e. The van der Waals surface area contributed by atoms with E-state index in [1.165, 1.54) is 19.1 Å². The lowest BCUT2D eigenvalue weighted by Crippen LogP contribution is -2.40. The van der Waals surface area contributed by atoms with Crippen LogP contribution in [-0.2, 0) is 10.0 Å². The fourth-order valence-corrected chi connectivity index (χ4v) is 4.11. The van der Waals surface area contributed by atoms with Gasteiger partial charge in [0.2, 0.25) is 10.0 Å². The first-order chi connectivity index (χ1) is 11.2. The third-order valence-corrected chi connectivity index (χ3v) is 5.91. The van der Waals surface area contributed by atoms with Crippen LogP contribution >= 0.6 is 0 Å². The van der Waals surface area contributed by atoms with Crippen LogP contribution in [0.5, 0.6) is 0 Å². The highest BCUT2D eigenvalue weighted by Crippen LogP contribution is 2.18. The highest BCUT2D eigenvalue weighted by atomic mass is 32.2. The number of Topliss-reactive ketones (excluding diaryl/α,β-unsaturated/α-hetero) is 1. The zero-order chi connectivity index (χ0) is 18.3. The highest BCUT2D eigenvalue weighted by Gasteiger charge is 2.25. The van der Waals surface area contributed by atoms with Gasteiger partial charge < -0.3 is 4.90 Å². The van der Waals surface area contributed by atoms with Crippen molar-refractivity contribution in [2.75, 3.05) is 32.7 Å². The van der Waals surface area contributed by atoms with Crippen molar-refractivity contribution >= 4 is 15.8 Å². The Balaban J connectivity index is 3.03. The van der Waals surface area contributed by atoms with Gasteiger partial charge in [-0.15, -0.1) is 0 Å². The number of rotatable bonds is 10. The van der Waals surface area contributed by atoms with E-state index in [1.54, 1.807) is 16.4 Å². The van der Waals surface area contributed by atoms with Gasteiger partial charge in [0.1, 0.15) is 0 Å². The lowest BCUT2D eigenvalue weighted by molar-refractivity contribution is 0.101. The molecule has 0 unspecified atom stereocenters. The normalized spacial score (nSPS) is 12.3.